The number of unbranched alkanes of at least 4 members (excludes halogenated alkanes) is 2. The predicted octanol–water partition coefficient (Wildman–Crippen LogP) is 3.38. The molecule has 5 rings (SSSR count). The minimum atomic E-state index is -2.13. The first-order valence-corrected chi connectivity index (χ1v) is 16.3. The maximum absolute atomic E-state index is 15.0. The van der Waals surface area contributed by atoms with Crippen LogP contribution in [0, 0.1) is 16.7 Å². The number of fused-ring (bicyclic) bond motifs is 5. The molecule has 11 nitrogen and oxygen atoms in total. The van der Waals surface area contributed by atoms with Crippen LogP contribution in [0.2, 0.25) is 0 Å². The first-order chi connectivity index (χ1) is 22.1. The normalized spacial score (nSPS) is 37.2. The molecule has 3 N–H and O–H groups in total. The first kappa shape index (κ1) is 34.9. The number of ketones is 1. The van der Waals surface area contributed by atoms with Gasteiger partial charge in [-0.25, -0.2) is 4.79 Å². The molecule has 1 aromatic carbocycles. The highest BCUT2D eigenvalue weighted by atomic mass is 16.6. The van der Waals surface area contributed by atoms with E-state index in [1.807, 2.05) is 0 Å². The third kappa shape index (κ3) is 5.45. The smallest absolute Gasteiger partial charge is 0.338 e. The molecule has 0 unspecified atom stereocenters. The summed E-state index contributed by atoms with van der Waals surface area (Å²) in [5.41, 5.74) is -6.45. The highest BCUT2D eigenvalue weighted by Gasteiger charge is 2.78. The zero-order valence-electron chi connectivity index (χ0n) is 27.7. The Morgan fingerprint density at radius 1 is 1.09 bits per heavy atom. The lowest BCUT2D eigenvalue weighted by Crippen LogP contribution is -2.82. The Hall–Kier alpha value is -3.38. The van der Waals surface area contributed by atoms with Gasteiger partial charge in [-0.1, -0.05) is 38.1 Å². The highest BCUT2D eigenvalue weighted by molar-refractivity contribution is 5.95. The van der Waals surface area contributed by atoms with Crippen LogP contribution in [-0.2, 0) is 33.3 Å². The van der Waals surface area contributed by atoms with Crippen molar-refractivity contribution < 1.29 is 53.4 Å². The van der Waals surface area contributed by atoms with Gasteiger partial charge in [0.2, 0.25) is 0 Å². The Labute approximate surface area is 274 Å². The summed E-state index contributed by atoms with van der Waals surface area (Å²) < 4.78 is 24.2. The lowest BCUT2D eigenvalue weighted by molar-refractivity contribution is -0.346. The van der Waals surface area contributed by atoms with Gasteiger partial charge in [0.25, 0.3) is 0 Å². The van der Waals surface area contributed by atoms with Crippen LogP contribution in [0.5, 0.6) is 0 Å². The van der Waals surface area contributed by atoms with Gasteiger partial charge < -0.3 is 34.3 Å². The van der Waals surface area contributed by atoms with Crippen LogP contribution < -0.4 is 0 Å². The third-order valence-corrected chi connectivity index (χ3v) is 11.2. The van der Waals surface area contributed by atoms with Crippen molar-refractivity contribution in [2.24, 2.45) is 16.7 Å². The summed E-state index contributed by atoms with van der Waals surface area (Å²) in [4.78, 5) is 55.0. The molecule has 3 fully saturated rings. The zero-order valence-corrected chi connectivity index (χ0v) is 27.7. The summed E-state index contributed by atoms with van der Waals surface area (Å²) in [5, 5.41) is 36.3. The van der Waals surface area contributed by atoms with E-state index in [9.17, 15) is 29.7 Å². The number of hydrogen-bond acceptors (Lipinski definition) is 11. The molecule has 4 aliphatic rings. The van der Waals surface area contributed by atoms with Gasteiger partial charge in [-0.15, -0.1) is 6.58 Å². The van der Waals surface area contributed by atoms with Crippen LogP contribution in [0.15, 0.2) is 54.1 Å². The summed E-state index contributed by atoms with van der Waals surface area (Å²) in [6.45, 7) is 11.0. The van der Waals surface area contributed by atoms with E-state index in [0.717, 1.165) is 6.92 Å². The van der Waals surface area contributed by atoms with E-state index < -0.39 is 82.2 Å². The molecule has 2 bridgehead atoms. The fraction of sp³-hybridized carbons (Fsp3) is 0.611. The Balaban J connectivity index is 1.76. The number of hydrogen-bond donors (Lipinski definition) is 3. The van der Waals surface area contributed by atoms with Gasteiger partial charge in [-0.2, -0.15) is 0 Å². The number of rotatable bonds is 9. The molecule has 47 heavy (non-hydrogen) atoms. The van der Waals surface area contributed by atoms with Crippen LogP contribution in [0.4, 0.5) is 0 Å². The van der Waals surface area contributed by atoms with Crippen LogP contribution in [0.3, 0.4) is 0 Å². The van der Waals surface area contributed by atoms with E-state index in [-0.39, 0.29) is 37.0 Å². The van der Waals surface area contributed by atoms with E-state index in [1.54, 1.807) is 45.0 Å². The quantitative estimate of drug-likeness (QED) is 0.155. The van der Waals surface area contributed by atoms with E-state index in [4.69, 9.17) is 18.9 Å². The summed E-state index contributed by atoms with van der Waals surface area (Å²) >= 11 is 0. The predicted molar refractivity (Wildman–Crippen MR) is 168 cm³/mol. The maximum atomic E-state index is 15.0. The molecule has 0 spiro atoms. The molecule has 0 radical (unpaired) electrons. The summed E-state index contributed by atoms with van der Waals surface area (Å²) in [6.07, 6.45) is -3.62. The highest BCUT2D eigenvalue weighted by Crippen LogP contribution is 2.64. The Morgan fingerprint density at radius 2 is 1.77 bits per heavy atom. The van der Waals surface area contributed by atoms with Crippen LogP contribution in [0.1, 0.15) is 83.5 Å². The number of aliphatic hydroxyl groups excluding tert-OH is 2. The largest absolute Gasteiger partial charge is 0.455 e. The average Bonchev–Trinajstić information content (AvgIpc) is 3.01. The molecule has 9 atom stereocenters. The molecule has 2 saturated carbocycles. The van der Waals surface area contributed by atoms with Crippen LogP contribution >= 0.6 is 0 Å². The van der Waals surface area contributed by atoms with Crippen molar-refractivity contribution in [1.82, 2.24) is 0 Å². The lowest BCUT2D eigenvalue weighted by Gasteiger charge is -2.67. The van der Waals surface area contributed by atoms with Crippen molar-refractivity contribution in [2.75, 3.05) is 6.61 Å². The third-order valence-electron chi connectivity index (χ3n) is 11.2. The number of aliphatic hydroxyl groups is 3. The maximum Gasteiger partial charge on any atom is 0.338 e. The van der Waals surface area contributed by atoms with Gasteiger partial charge in [0.05, 0.1) is 35.7 Å². The average molecular weight is 655 g/mol. The molecule has 0 amide bonds. The van der Waals surface area contributed by atoms with Crippen molar-refractivity contribution in [3.8, 4) is 0 Å². The fourth-order valence-corrected chi connectivity index (χ4v) is 8.46. The van der Waals surface area contributed by atoms with Crippen LogP contribution in [0.25, 0.3) is 0 Å². The van der Waals surface area contributed by atoms with Gasteiger partial charge >= 0.3 is 17.9 Å². The van der Waals surface area contributed by atoms with Gasteiger partial charge in [-0.05, 0) is 56.4 Å². The summed E-state index contributed by atoms with van der Waals surface area (Å²) in [6, 6.07) is 8.10. The molecule has 1 heterocycles. The monoisotopic (exact) mass is 654 g/mol. The van der Waals surface area contributed by atoms with Gasteiger partial charge in [0.1, 0.15) is 17.8 Å². The number of Topliss-reactive ketones (excluding diaryl/α,β-unsaturated/α-hetero) is 1. The minimum absolute atomic E-state index is 0.0490. The fourth-order valence-electron chi connectivity index (χ4n) is 8.46. The molecule has 0 aromatic heterocycles. The van der Waals surface area contributed by atoms with Crippen molar-refractivity contribution in [1.29, 1.82) is 0 Å². The van der Waals surface area contributed by atoms with Gasteiger partial charge in [0.15, 0.2) is 17.5 Å². The number of carbonyl (C=O) groups is 4. The van der Waals surface area contributed by atoms with E-state index in [0.29, 0.717) is 24.8 Å². The molecule has 256 valence electrons. The Bertz CT molecular complexity index is 1470. The molecular formula is C36H46O11. The van der Waals surface area contributed by atoms with Crippen LogP contribution in [-0.4, -0.2) is 87.3 Å². The van der Waals surface area contributed by atoms with E-state index in [2.05, 4.69) is 6.58 Å². The van der Waals surface area contributed by atoms with Crippen molar-refractivity contribution in [3.05, 3.63) is 59.7 Å². The molecule has 11 heteroatoms. The molecule has 1 saturated heterocycles. The number of benzene rings is 1. The second-order valence-corrected chi connectivity index (χ2v) is 14.2. The SMILES string of the molecule is C=CCCCCC(=O)O[C@@]12CO[C@@H]1C[C@H](O)[C@@]1(C)C(=O)[C@H](OC(C)=O)C3=C(C)[C@@H](O)C[C@@](O)([C@@H](OC(=O)c4ccccc4)[C@H]21)C3(C)C. The molecule has 3 aliphatic carbocycles. The first-order valence-electron chi connectivity index (χ1n) is 16.3. The minimum Gasteiger partial charge on any atom is -0.455 e. The van der Waals surface area contributed by atoms with Gasteiger partial charge in [0, 0.05) is 31.6 Å². The standard InChI is InChI=1S/C36H46O11/c1-7-8-9-13-16-26(40)47-35-19-44-25(35)17-24(39)34(6)29(35)31(46-32(42)22-14-11-10-12-15-22)36(43)18-23(38)20(2)27(33(36,4)5)28(30(34)41)45-21(3)37/h7,10-12,14-15,23-25,28-29,31,38-39,43H,1,8-9,13,16-19H2,2-6H3/t23-,24-,25+,28+,29-,31-,34+,35-,36+/m0/s1. The second kappa shape index (κ2) is 12.6. The Morgan fingerprint density at radius 3 is 2.36 bits per heavy atom. The number of esters is 3. The second-order valence-electron chi connectivity index (χ2n) is 14.2. The molecule has 1 aromatic rings. The Kier molecular flexibility index (Phi) is 9.35. The summed E-state index contributed by atoms with van der Waals surface area (Å²) in [5.74, 6) is -4.30. The molecular weight excluding hydrogens is 608 g/mol. The number of allylic oxidation sites excluding steroid dienone is 1. The van der Waals surface area contributed by atoms with Gasteiger partial charge in [-0.3, -0.25) is 14.4 Å². The van der Waals surface area contributed by atoms with Crippen molar-refractivity contribution in [3.63, 3.8) is 0 Å². The lowest BCUT2D eigenvalue weighted by atomic mass is 9.44. The number of ether oxygens (including phenoxy) is 4. The summed E-state index contributed by atoms with van der Waals surface area (Å²) in [7, 11) is 0. The number of carbonyl (C=O) groups excluding carboxylic acids is 4. The van der Waals surface area contributed by atoms with Crippen molar-refractivity contribution >= 4 is 23.7 Å². The van der Waals surface area contributed by atoms with Crippen molar-refractivity contribution in [2.45, 2.75) is 115 Å². The van der Waals surface area contributed by atoms with E-state index in [1.165, 1.54) is 19.1 Å². The zero-order chi connectivity index (χ0) is 34.5. The molecule has 1 aliphatic heterocycles. The topological polar surface area (TPSA) is 166 Å². The van der Waals surface area contributed by atoms with E-state index >= 15 is 4.79 Å².